The summed E-state index contributed by atoms with van der Waals surface area (Å²) in [6.07, 6.45) is 2.41. The molecule has 0 aliphatic carbocycles. The monoisotopic (exact) mass is 342 g/mol. The van der Waals surface area contributed by atoms with Crippen LogP contribution in [0, 0.1) is 5.92 Å². The zero-order valence-corrected chi connectivity index (χ0v) is 15.2. The quantitative estimate of drug-likeness (QED) is 0.809. The van der Waals surface area contributed by atoms with E-state index in [0.717, 1.165) is 12.0 Å². The van der Waals surface area contributed by atoms with Gasteiger partial charge in [0.15, 0.2) is 5.76 Å². The van der Waals surface area contributed by atoms with Crippen LogP contribution < -0.4 is 10.6 Å². The number of furan rings is 1. The lowest BCUT2D eigenvalue weighted by molar-refractivity contribution is -0.123. The van der Waals surface area contributed by atoms with Crippen molar-refractivity contribution >= 4 is 11.8 Å². The number of rotatable bonds is 7. The van der Waals surface area contributed by atoms with Gasteiger partial charge >= 0.3 is 0 Å². The third-order valence-corrected chi connectivity index (χ3v) is 4.20. The number of carbonyl (C=O) groups excluding carboxylic acids is 2. The molecular formula is C20H26N2O3. The number of aryl methyl sites for hydroxylation is 1. The minimum atomic E-state index is -0.659. The molecular weight excluding hydrogens is 316 g/mol. The Balaban J connectivity index is 2.02. The fraction of sp³-hybridized carbons (Fsp3) is 0.400. The predicted molar refractivity (Wildman–Crippen MR) is 97.2 cm³/mol. The molecule has 2 unspecified atom stereocenters. The highest BCUT2D eigenvalue weighted by Crippen LogP contribution is 2.22. The van der Waals surface area contributed by atoms with Crippen molar-refractivity contribution in [2.45, 2.75) is 46.2 Å². The van der Waals surface area contributed by atoms with Crippen molar-refractivity contribution in [3.63, 3.8) is 0 Å². The molecule has 0 fully saturated rings. The Kier molecular flexibility index (Phi) is 6.39. The largest absolute Gasteiger partial charge is 0.459 e. The van der Waals surface area contributed by atoms with Crippen LogP contribution >= 0.6 is 0 Å². The fourth-order valence-corrected chi connectivity index (χ4v) is 2.61. The lowest BCUT2D eigenvalue weighted by Gasteiger charge is -2.25. The van der Waals surface area contributed by atoms with Gasteiger partial charge in [-0.15, -0.1) is 0 Å². The Bertz CT molecular complexity index is 690. The van der Waals surface area contributed by atoms with Crippen molar-refractivity contribution in [3.8, 4) is 0 Å². The number of amides is 2. The number of carbonyl (C=O) groups is 2. The molecule has 0 radical (unpaired) electrons. The summed E-state index contributed by atoms with van der Waals surface area (Å²) in [5, 5.41) is 5.69. The highest BCUT2D eigenvalue weighted by molar-refractivity contribution is 5.95. The van der Waals surface area contributed by atoms with Crippen LogP contribution in [0.2, 0.25) is 0 Å². The summed E-state index contributed by atoms with van der Waals surface area (Å²) in [4.78, 5) is 24.5. The van der Waals surface area contributed by atoms with Crippen LogP contribution in [-0.2, 0) is 11.2 Å². The molecule has 2 atom stereocenters. The fourth-order valence-electron chi connectivity index (χ4n) is 2.61. The maximum Gasteiger partial charge on any atom is 0.287 e. The molecule has 0 saturated heterocycles. The van der Waals surface area contributed by atoms with Crippen LogP contribution in [0.1, 0.15) is 55.4 Å². The first-order chi connectivity index (χ1) is 11.9. The lowest BCUT2D eigenvalue weighted by atomic mass is 9.94. The first-order valence-electron chi connectivity index (χ1n) is 8.66. The highest BCUT2D eigenvalue weighted by Gasteiger charge is 2.23. The summed E-state index contributed by atoms with van der Waals surface area (Å²) in [6, 6.07) is 10.7. The van der Waals surface area contributed by atoms with Crippen molar-refractivity contribution in [1.29, 1.82) is 0 Å². The van der Waals surface area contributed by atoms with Gasteiger partial charge in [-0.1, -0.05) is 45.0 Å². The maximum atomic E-state index is 12.5. The smallest absolute Gasteiger partial charge is 0.287 e. The minimum Gasteiger partial charge on any atom is -0.459 e. The van der Waals surface area contributed by atoms with Crippen LogP contribution in [0.15, 0.2) is 47.1 Å². The van der Waals surface area contributed by atoms with Crippen molar-refractivity contribution in [3.05, 3.63) is 59.5 Å². The van der Waals surface area contributed by atoms with Crippen molar-refractivity contribution in [1.82, 2.24) is 10.6 Å². The first-order valence-corrected chi connectivity index (χ1v) is 8.66. The van der Waals surface area contributed by atoms with Gasteiger partial charge in [-0.05, 0) is 42.5 Å². The van der Waals surface area contributed by atoms with Gasteiger partial charge in [0.05, 0.1) is 12.3 Å². The molecule has 2 aromatic rings. The number of hydrogen-bond acceptors (Lipinski definition) is 3. The standard InChI is InChI=1S/C20H26N2O3/c1-5-15-8-10-16(11-9-15)18(13(2)3)22-19(23)14(4)21-20(24)17-7-6-12-25-17/h6-14,18H,5H2,1-4H3,(H,21,24)(H,22,23). The molecule has 134 valence electrons. The van der Waals surface area contributed by atoms with E-state index in [4.69, 9.17) is 4.42 Å². The van der Waals surface area contributed by atoms with Crippen LogP contribution in [-0.4, -0.2) is 17.9 Å². The Morgan fingerprint density at radius 3 is 2.24 bits per heavy atom. The molecule has 0 aliphatic heterocycles. The molecule has 0 spiro atoms. The van der Waals surface area contributed by atoms with E-state index >= 15 is 0 Å². The van der Waals surface area contributed by atoms with Gasteiger partial charge in [-0.3, -0.25) is 9.59 Å². The second kappa shape index (κ2) is 8.51. The SMILES string of the molecule is CCc1ccc(C(NC(=O)C(C)NC(=O)c2ccco2)C(C)C)cc1. The topological polar surface area (TPSA) is 71.3 Å². The van der Waals surface area contributed by atoms with Crippen LogP contribution in [0.5, 0.6) is 0 Å². The zero-order chi connectivity index (χ0) is 18.4. The second-order valence-electron chi connectivity index (χ2n) is 6.50. The maximum absolute atomic E-state index is 12.5. The van der Waals surface area contributed by atoms with Crippen LogP contribution in [0.3, 0.4) is 0 Å². The third-order valence-electron chi connectivity index (χ3n) is 4.20. The molecule has 0 aliphatic rings. The molecule has 2 amide bonds. The Hall–Kier alpha value is -2.56. The average molecular weight is 342 g/mol. The van der Waals surface area contributed by atoms with E-state index in [1.54, 1.807) is 19.1 Å². The molecule has 25 heavy (non-hydrogen) atoms. The van der Waals surface area contributed by atoms with Gasteiger partial charge in [-0.2, -0.15) is 0 Å². The van der Waals surface area contributed by atoms with Gasteiger partial charge in [0.2, 0.25) is 5.91 Å². The number of benzene rings is 1. The normalized spacial score (nSPS) is 13.3. The van der Waals surface area contributed by atoms with Gasteiger partial charge < -0.3 is 15.1 Å². The zero-order valence-electron chi connectivity index (χ0n) is 15.2. The van der Waals surface area contributed by atoms with Crippen LogP contribution in [0.25, 0.3) is 0 Å². The van der Waals surface area contributed by atoms with Gasteiger partial charge in [-0.25, -0.2) is 0 Å². The van der Waals surface area contributed by atoms with E-state index in [9.17, 15) is 9.59 Å². The molecule has 2 N–H and O–H groups in total. The van der Waals surface area contributed by atoms with E-state index in [1.165, 1.54) is 11.8 Å². The molecule has 0 saturated carbocycles. The average Bonchev–Trinajstić information content (AvgIpc) is 3.14. The van der Waals surface area contributed by atoms with E-state index in [2.05, 4.69) is 55.7 Å². The summed E-state index contributed by atoms with van der Waals surface area (Å²) in [5.41, 5.74) is 2.32. The molecule has 1 aromatic heterocycles. The van der Waals surface area contributed by atoms with E-state index < -0.39 is 11.9 Å². The summed E-state index contributed by atoms with van der Waals surface area (Å²) >= 11 is 0. The summed E-state index contributed by atoms with van der Waals surface area (Å²) in [6.45, 7) is 7.89. The highest BCUT2D eigenvalue weighted by atomic mass is 16.3. The lowest BCUT2D eigenvalue weighted by Crippen LogP contribution is -2.46. The molecule has 1 aromatic carbocycles. The summed E-state index contributed by atoms with van der Waals surface area (Å²) < 4.78 is 5.04. The first kappa shape index (κ1) is 18.8. The van der Waals surface area contributed by atoms with Gasteiger partial charge in [0.25, 0.3) is 5.91 Å². The Labute approximate surface area is 148 Å². The predicted octanol–water partition coefficient (Wildman–Crippen LogP) is 3.47. The number of nitrogens with one attached hydrogen (secondary N) is 2. The molecule has 5 heteroatoms. The van der Waals surface area contributed by atoms with Gasteiger partial charge in [0, 0.05) is 0 Å². The third kappa shape index (κ3) is 4.95. The molecule has 0 bridgehead atoms. The molecule has 2 rings (SSSR count). The van der Waals surface area contributed by atoms with Crippen molar-refractivity contribution in [2.75, 3.05) is 0 Å². The number of hydrogen-bond donors (Lipinski definition) is 2. The molecule has 5 nitrogen and oxygen atoms in total. The minimum absolute atomic E-state index is 0.110. The van der Waals surface area contributed by atoms with Gasteiger partial charge in [0.1, 0.15) is 6.04 Å². The van der Waals surface area contributed by atoms with E-state index in [1.807, 2.05) is 0 Å². The summed E-state index contributed by atoms with van der Waals surface area (Å²) in [7, 11) is 0. The second-order valence-corrected chi connectivity index (χ2v) is 6.50. The Morgan fingerprint density at radius 1 is 1.04 bits per heavy atom. The summed E-state index contributed by atoms with van der Waals surface area (Å²) in [5.74, 6) is -0.209. The van der Waals surface area contributed by atoms with Crippen LogP contribution in [0.4, 0.5) is 0 Å². The van der Waals surface area contributed by atoms with Crippen molar-refractivity contribution < 1.29 is 14.0 Å². The van der Waals surface area contributed by atoms with Crippen molar-refractivity contribution in [2.24, 2.45) is 5.92 Å². The Morgan fingerprint density at radius 2 is 1.72 bits per heavy atom. The van der Waals surface area contributed by atoms with E-state index in [-0.39, 0.29) is 23.6 Å². The molecule has 1 heterocycles. The van der Waals surface area contributed by atoms with E-state index in [0.29, 0.717) is 0 Å².